The molecule has 0 aliphatic rings. The van der Waals surface area contributed by atoms with Gasteiger partial charge in [0.2, 0.25) is 0 Å². The predicted molar refractivity (Wildman–Crippen MR) is 89.0 cm³/mol. The molecule has 0 radical (unpaired) electrons. The second-order valence-electron chi connectivity index (χ2n) is 4.88. The maximum absolute atomic E-state index is 4.47. The summed E-state index contributed by atoms with van der Waals surface area (Å²) in [6.45, 7) is 5.66. The first-order chi connectivity index (χ1) is 10.8. The highest BCUT2D eigenvalue weighted by Gasteiger charge is 2.05. The lowest BCUT2D eigenvalue weighted by molar-refractivity contribution is 0.863. The Hall–Kier alpha value is -3.01. The number of benzene rings is 2. The molecule has 22 heavy (non-hydrogen) atoms. The Morgan fingerprint density at radius 3 is 2.41 bits per heavy atom. The van der Waals surface area contributed by atoms with E-state index in [0.717, 1.165) is 28.3 Å². The van der Waals surface area contributed by atoms with Gasteiger partial charge in [0, 0.05) is 0 Å². The summed E-state index contributed by atoms with van der Waals surface area (Å²) in [5.41, 5.74) is 4.47. The fraction of sp³-hybridized carbons (Fsp3) is 0.0556. The lowest BCUT2D eigenvalue weighted by Gasteiger charge is -1.98. The van der Waals surface area contributed by atoms with Crippen LogP contribution in [0.2, 0.25) is 0 Å². The summed E-state index contributed by atoms with van der Waals surface area (Å²) in [5.74, 6) is 0. The van der Waals surface area contributed by atoms with E-state index in [1.165, 1.54) is 0 Å². The number of para-hydroxylation sites is 1. The summed E-state index contributed by atoms with van der Waals surface area (Å²) in [6, 6.07) is 17.7. The largest absolute Gasteiger partial charge is 0.238 e. The first-order valence-electron chi connectivity index (χ1n) is 7.02. The highest BCUT2D eigenvalue weighted by atomic mass is 15.3. The van der Waals surface area contributed by atoms with Crippen LogP contribution in [-0.2, 0) is 0 Å². The van der Waals surface area contributed by atoms with E-state index >= 15 is 0 Å². The van der Waals surface area contributed by atoms with Crippen molar-refractivity contribution in [2.75, 3.05) is 0 Å². The number of azo groups is 1. The molecule has 4 nitrogen and oxygen atoms in total. The van der Waals surface area contributed by atoms with Gasteiger partial charge in [0.15, 0.2) is 0 Å². The lowest BCUT2D eigenvalue weighted by Crippen LogP contribution is -1.93. The topological polar surface area (TPSA) is 42.5 Å². The Balaban J connectivity index is 1.84. The Labute approximate surface area is 129 Å². The van der Waals surface area contributed by atoms with Crippen molar-refractivity contribution >= 4 is 17.5 Å². The molecule has 0 N–H and O–H groups in total. The lowest BCUT2D eigenvalue weighted by atomic mass is 10.2. The maximum atomic E-state index is 4.47. The van der Waals surface area contributed by atoms with E-state index in [9.17, 15) is 0 Å². The van der Waals surface area contributed by atoms with Crippen molar-refractivity contribution in [2.24, 2.45) is 10.2 Å². The number of hydrogen-bond acceptors (Lipinski definition) is 3. The van der Waals surface area contributed by atoms with E-state index in [4.69, 9.17) is 0 Å². The van der Waals surface area contributed by atoms with Crippen LogP contribution in [0.1, 0.15) is 11.3 Å². The van der Waals surface area contributed by atoms with Gasteiger partial charge in [-0.15, -0.1) is 5.11 Å². The molecule has 0 amide bonds. The van der Waals surface area contributed by atoms with Crippen LogP contribution >= 0.6 is 0 Å². The Bertz CT molecular complexity index is 799. The minimum atomic E-state index is 0.761. The molecule has 0 saturated carbocycles. The van der Waals surface area contributed by atoms with Crippen LogP contribution in [0.25, 0.3) is 11.8 Å². The van der Waals surface area contributed by atoms with Gasteiger partial charge < -0.3 is 0 Å². The van der Waals surface area contributed by atoms with Crippen molar-refractivity contribution in [3.05, 3.63) is 78.6 Å². The molecule has 108 valence electrons. The average Bonchev–Trinajstić information content (AvgIpc) is 2.95. The Kier molecular flexibility index (Phi) is 3.92. The first-order valence-corrected chi connectivity index (χ1v) is 7.02. The molecule has 0 atom stereocenters. The summed E-state index contributed by atoms with van der Waals surface area (Å²) >= 11 is 0. The van der Waals surface area contributed by atoms with E-state index in [0.29, 0.717) is 0 Å². The smallest absolute Gasteiger partial charge is 0.127 e. The molecule has 0 aliphatic heterocycles. The minimum absolute atomic E-state index is 0.761. The molecule has 0 unspecified atom stereocenters. The highest BCUT2D eigenvalue weighted by molar-refractivity contribution is 5.51. The zero-order valence-electron chi connectivity index (χ0n) is 12.3. The quantitative estimate of drug-likeness (QED) is 0.605. The molecule has 4 heteroatoms. The molecule has 1 heterocycles. The number of aryl methyl sites for hydroxylation is 1. The summed E-state index contributed by atoms with van der Waals surface area (Å²) in [7, 11) is 0. The molecular formula is C18H16N4. The van der Waals surface area contributed by atoms with Gasteiger partial charge in [0.05, 0.1) is 23.3 Å². The molecule has 1 aromatic heterocycles. The molecule has 2 aromatic carbocycles. The zero-order valence-corrected chi connectivity index (χ0v) is 12.3. The van der Waals surface area contributed by atoms with Crippen LogP contribution < -0.4 is 0 Å². The van der Waals surface area contributed by atoms with Gasteiger partial charge in [-0.3, -0.25) is 0 Å². The van der Waals surface area contributed by atoms with Gasteiger partial charge in [0.25, 0.3) is 0 Å². The second-order valence-corrected chi connectivity index (χ2v) is 4.88. The van der Waals surface area contributed by atoms with Crippen LogP contribution in [0.3, 0.4) is 0 Å². The van der Waals surface area contributed by atoms with E-state index < -0.39 is 0 Å². The summed E-state index contributed by atoms with van der Waals surface area (Å²) < 4.78 is 1.81. The average molecular weight is 288 g/mol. The molecule has 0 saturated heterocycles. The van der Waals surface area contributed by atoms with E-state index in [2.05, 4.69) is 21.9 Å². The Morgan fingerprint density at radius 1 is 1.00 bits per heavy atom. The monoisotopic (exact) mass is 288 g/mol. The van der Waals surface area contributed by atoms with Gasteiger partial charge in [0.1, 0.15) is 5.69 Å². The van der Waals surface area contributed by atoms with Crippen molar-refractivity contribution < 1.29 is 0 Å². The molecule has 0 aliphatic carbocycles. The van der Waals surface area contributed by atoms with Gasteiger partial charge >= 0.3 is 0 Å². The van der Waals surface area contributed by atoms with E-state index in [-0.39, 0.29) is 0 Å². The van der Waals surface area contributed by atoms with Gasteiger partial charge in [-0.25, -0.2) is 4.68 Å². The molecule has 3 aromatic rings. The van der Waals surface area contributed by atoms with Crippen LogP contribution in [0.5, 0.6) is 0 Å². The second kappa shape index (κ2) is 6.18. The van der Waals surface area contributed by atoms with Crippen molar-refractivity contribution in [3.63, 3.8) is 0 Å². The summed E-state index contributed by atoms with van der Waals surface area (Å²) in [6.07, 6.45) is 3.68. The van der Waals surface area contributed by atoms with Gasteiger partial charge in [-0.05, 0) is 36.8 Å². The van der Waals surface area contributed by atoms with Gasteiger partial charge in [-0.2, -0.15) is 10.2 Å². The van der Waals surface area contributed by atoms with Gasteiger partial charge in [-0.1, -0.05) is 43.0 Å². The van der Waals surface area contributed by atoms with Crippen LogP contribution in [0.4, 0.5) is 11.4 Å². The standard InChI is InChI=1S/C18H16N4/c1-3-15-9-11-16(12-10-15)19-20-18-13-22(21-14(18)2)17-7-5-4-6-8-17/h3-13H,1H2,2H3. The third kappa shape index (κ3) is 3.01. The Morgan fingerprint density at radius 2 is 1.73 bits per heavy atom. The molecular weight excluding hydrogens is 272 g/mol. The van der Waals surface area contributed by atoms with Crippen LogP contribution in [0.15, 0.2) is 77.6 Å². The third-order valence-electron chi connectivity index (χ3n) is 3.30. The van der Waals surface area contributed by atoms with Crippen molar-refractivity contribution in [1.29, 1.82) is 0 Å². The minimum Gasteiger partial charge on any atom is -0.238 e. The SMILES string of the molecule is C=Cc1ccc(N=Nc2cn(-c3ccccc3)nc2C)cc1. The molecule has 0 fully saturated rings. The summed E-state index contributed by atoms with van der Waals surface area (Å²) in [4.78, 5) is 0. The van der Waals surface area contributed by atoms with Crippen molar-refractivity contribution in [3.8, 4) is 5.69 Å². The number of rotatable bonds is 4. The van der Waals surface area contributed by atoms with E-state index in [1.54, 1.807) is 6.08 Å². The normalized spacial score (nSPS) is 11.0. The number of hydrogen-bond donors (Lipinski definition) is 0. The number of nitrogens with zero attached hydrogens (tertiary/aromatic N) is 4. The van der Waals surface area contributed by atoms with E-state index in [1.807, 2.05) is 72.4 Å². The van der Waals surface area contributed by atoms with Crippen LogP contribution in [0, 0.1) is 6.92 Å². The van der Waals surface area contributed by atoms with Crippen LogP contribution in [-0.4, -0.2) is 9.78 Å². The number of aromatic nitrogens is 2. The fourth-order valence-electron chi connectivity index (χ4n) is 2.05. The molecule has 3 rings (SSSR count). The highest BCUT2D eigenvalue weighted by Crippen LogP contribution is 2.23. The fourth-order valence-corrected chi connectivity index (χ4v) is 2.05. The van der Waals surface area contributed by atoms with Crippen molar-refractivity contribution in [2.45, 2.75) is 6.92 Å². The third-order valence-corrected chi connectivity index (χ3v) is 3.30. The zero-order chi connectivity index (χ0) is 15.4. The molecule has 0 spiro atoms. The predicted octanol–water partition coefficient (Wildman–Crippen LogP) is 5.24. The molecule has 0 bridgehead atoms. The summed E-state index contributed by atoms with van der Waals surface area (Å²) in [5, 5.41) is 13.0. The first kappa shape index (κ1) is 13.9. The maximum Gasteiger partial charge on any atom is 0.127 e. The van der Waals surface area contributed by atoms with Crippen molar-refractivity contribution in [1.82, 2.24) is 9.78 Å².